The first-order chi connectivity index (χ1) is 27.2. The van der Waals surface area contributed by atoms with Crippen LogP contribution in [0.25, 0.3) is 0 Å². The first-order valence-electron chi connectivity index (χ1n) is 20.5. The number of benzene rings is 1. The van der Waals surface area contributed by atoms with Crippen LogP contribution in [0.1, 0.15) is 120 Å². The van der Waals surface area contributed by atoms with Gasteiger partial charge in [0.1, 0.15) is 17.1 Å². The van der Waals surface area contributed by atoms with Crippen LogP contribution in [-0.2, 0) is 41.6 Å². The third-order valence-electron chi connectivity index (χ3n) is 11.6. The first kappa shape index (κ1) is 46.2. The van der Waals surface area contributed by atoms with E-state index >= 15 is 0 Å². The standard InChI is InChI=1S/C43H64N4O11/c1-9-10-11-12-13-14-15-16-17-18-30(48)57-24-58-41(55)47(23-42(2,3)4)22-26-21-29(45(5)6)27-19-25-20-28-34(46(7)8)37(51)33(40(44)54)39(53)43(28,56)38(52)31(25)36(50)32(27)35(26)49/h21,25,28,31,34,49,53,56H,9-20,22-24H2,1-8H3,(H2,44,54)/t25?,28?,31?,34-,43-/m0/s1. The number of primary amides is 1. The van der Waals surface area contributed by atoms with Crippen LogP contribution in [0.2, 0.25) is 0 Å². The molecule has 0 aliphatic heterocycles. The highest BCUT2D eigenvalue weighted by Crippen LogP contribution is 2.53. The molecule has 1 aromatic carbocycles. The number of esters is 1. The fraction of sp³-hybridized carbons (Fsp3) is 0.674. The number of ketones is 3. The summed E-state index contributed by atoms with van der Waals surface area (Å²) in [5.41, 5.74) is 2.32. The minimum absolute atomic E-state index is 0.0485. The summed E-state index contributed by atoms with van der Waals surface area (Å²) < 4.78 is 10.6. The first-order valence-corrected chi connectivity index (χ1v) is 20.5. The van der Waals surface area contributed by atoms with E-state index in [2.05, 4.69) is 6.92 Å². The number of hydrogen-bond acceptors (Lipinski definition) is 13. The zero-order chi connectivity index (χ0) is 43.3. The number of phenols is 1. The predicted octanol–water partition coefficient (Wildman–Crippen LogP) is 4.97. The molecule has 5 N–H and O–H groups in total. The van der Waals surface area contributed by atoms with Crippen LogP contribution < -0.4 is 10.6 Å². The van der Waals surface area contributed by atoms with E-state index in [1.807, 2.05) is 20.8 Å². The number of aromatic hydroxyl groups is 1. The van der Waals surface area contributed by atoms with Crippen molar-refractivity contribution < 1.29 is 53.6 Å². The van der Waals surface area contributed by atoms with Crippen molar-refractivity contribution in [3.05, 3.63) is 34.1 Å². The lowest BCUT2D eigenvalue weighted by Crippen LogP contribution is -2.68. The van der Waals surface area contributed by atoms with Crippen molar-refractivity contribution in [1.29, 1.82) is 0 Å². The Labute approximate surface area is 341 Å². The smallest absolute Gasteiger partial charge is 0.412 e. The number of hydrogen-bond donors (Lipinski definition) is 4. The maximum atomic E-state index is 14.5. The van der Waals surface area contributed by atoms with E-state index in [-0.39, 0.29) is 43.5 Å². The van der Waals surface area contributed by atoms with Crippen LogP contribution in [0.4, 0.5) is 10.5 Å². The van der Waals surface area contributed by atoms with Crippen LogP contribution in [-0.4, -0.2) is 114 Å². The number of rotatable bonds is 18. The van der Waals surface area contributed by atoms with Gasteiger partial charge in [0.2, 0.25) is 6.79 Å². The number of Topliss-reactive ketones (excluding diaryl/α,β-unsaturated/α-hetero) is 3. The summed E-state index contributed by atoms with van der Waals surface area (Å²) in [6.07, 6.45) is 9.37. The minimum Gasteiger partial charge on any atom is -0.508 e. The topological polar surface area (TPSA) is 217 Å². The van der Waals surface area contributed by atoms with Crippen LogP contribution in [0.5, 0.6) is 5.75 Å². The third-order valence-corrected chi connectivity index (χ3v) is 11.6. The van der Waals surface area contributed by atoms with Gasteiger partial charge in [0, 0.05) is 44.2 Å². The maximum Gasteiger partial charge on any atom is 0.412 e. The van der Waals surface area contributed by atoms with Gasteiger partial charge in [-0.2, -0.15) is 0 Å². The van der Waals surface area contributed by atoms with Gasteiger partial charge in [-0.3, -0.25) is 28.9 Å². The Morgan fingerprint density at radius 3 is 2.07 bits per heavy atom. The van der Waals surface area contributed by atoms with Crippen molar-refractivity contribution in [2.75, 3.05) is 46.4 Å². The molecule has 1 saturated carbocycles. The molecule has 0 aromatic heterocycles. The van der Waals surface area contributed by atoms with Gasteiger partial charge in [-0.15, -0.1) is 0 Å². The minimum atomic E-state index is -2.77. The Kier molecular flexibility index (Phi) is 15.2. The van der Waals surface area contributed by atoms with E-state index in [0.29, 0.717) is 17.7 Å². The molecule has 3 unspecified atom stereocenters. The molecule has 15 heteroatoms. The average Bonchev–Trinajstić information content (AvgIpc) is 3.12. The van der Waals surface area contributed by atoms with Crippen molar-refractivity contribution >= 4 is 41.0 Å². The zero-order valence-corrected chi connectivity index (χ0v) is 35.5. The second-order valence-corrected chi connectivity index (χ2v) is 17.8. The number of nitrogens with zero attached hydrogens (tertiary/aromatic N) is 3. The highest BCUT2D eigenvalue weighted by molar-refractivity contribution is 6.25. The van der Waals surface area contributed by atoms with Gasteiger partial charge in [0.05, 0.1) is 24.1 Å². The van der Waals surface area contributed by atoms with Crippen molar-refractivity contribution in [2.45, 2.75) is 123 Å². The summed E-state index contributed by atoms with van der Waals surface area (Å²) in [5, 5.41) is 35.0. The number of phenolic OH excluding ortho intramolecular Hbond substituents is 1. The lowest BCUT2D eigenvalue weighted by molar-refractivity contribution is -0.163. The van der Waals surface area contributed by atoms with Gasteiger partial charge in [-0.25, -0.2) is 4.79 Å². The fourth-order valence-corrected chi connectivity index (χ4v) is 8.93. The van der Waals surface area contributed by atoms with Crippen LogP contribution in [0.3, 0.4) is 0 Å². The van der Waals surface area contributed by atoms with Gasteiger partial charge in [-0.1, -0.05) is 79.1 Å². The number of likely N-dealkylation sites (N-methyl/N-ethyl adjacent to an activating group) is 1. The van der Waals surface area contributed by atoms with E-state index < -0.39 is 94.0 Å². The number of anilines is 1. The Hall–Kier alpha value is -4.50. The predicted molar refractivity (Wildman–Crippen MR) is 216 cm³/mol. The van der Waals surface area contributed by atoms with E-state index in [0.717, 1.165) is 19.3 Å². The molecule has 2 amide bonds. The summed E-state index contributed by atoms with van der Waals surface area (Å²) in [6, 6.07) is 0.461. The SMILES string of the molecule is CCCCCCCCCCCC(=O)OCOC(=O)N(Cc1cc(N(C)C)c2c(c1O)C(=O)C1C(=O)[C@]3(O)C(O)=C(C(N)=O)C(=O)[C@@H](N(C)C)C3CC1C2)CC(C)(C)C. The zero-order valence-electron chi connectivity index (χ0n) is 35.5. The number of carbonyl (C=O) groups is 6. The number of fused-ring (bicyclic) bond motifs is 3. The maximum absolute atomic E-state index is 14.5. The fourth-order valence-electron chi connectivity index (χ4n) is 8.93. The second kappa shape index (κ2) is 19.0. The molecular weight excluding hydrogens is 748 g/mol. The molecule has 4 rings (SSSR count). The molecule has 5 atom stereocenters. The number of carbonyl (C=O) groups excluding carboxylic acids is 6. The highest BCUT2D eigenvalue weighted by atomic mass is 16.7. The molecule has 0 saturated heterocycles. The Morgan fingerprint density at radius 2 is 1.52 bits per heavy atom. The van der Waals surface area contributed by atoms with Gasteiger partial charge >= 0.3 is 12.1 Å². The largest absolute Gasteiger partial charge is 0.508 e. The number of aliphatic hydroxyl groups excluding tert-OH is 1. The van der Waals surface area contributed by atoms with E-state index in [1.54, 1.807) is 25.1 Å². The Balaban J connectivity index is 1.56. The average molecular weight is 813 g/mol. The van der Waals surface area contributed by atoms with Crippen LogP contribution >= 0.6 is 0 Å². The molecule has 3 aliphatic carbocycles. The van der Waals surface area contributed by atoms with E-state index in [4.69, 9.17) is 15.2 Å². The van der Waals surface area contributed by atoms with Crippen molar-refractivity contribution in [3.8, 4) is 5.75 Å². The Morgan fingerprint density at radius 1 is 0.914 bits per heavy atom. The number of nitrogens with two attached hydrogens (primary N) is 1. The molecule has 0 radical (unpaired) electrons. The molecular formula is C43H64N4O11. The van der Waals surface area contributed by atoms with Gasteiger partial charge < -0.3 is 40.3 Å². The normalized spacial score (nSPS) is 23.0. The third kappa shape index (κ3) is 9.85. The molecule has 1 fully saturated rings. The summed E-state index contributed by atoms with van der Waals surface area (Å²) in [4.78, 5) is 85.1. The van der Waals surface area contributed by atoms with Gasteiger partial charge in [-0.05, 0) is 56.3 Å². The Bertz CT molecular complexity index is 1780. The summed E-state index contributed by atoms with van der Waals surface area (Å²) in [5.74, 6) is -9.64. The summed E-state index contributed by atoms with van der Waals surface area (Å²) in [6.45, 7) is 7.23. The van der Waals surface area contributed by atoms with Crippen LogP contribution in [0.15, 0.2) is 17.4 Å². The summed E-state index contributed by atoms with van der Waals surface area (Å²) in [7, 11) is 6.57. The lowest BCUT2D eigenvalue weighted by atomic mass is 9.54. The quantitative estimate of drug-likeness (QED) is 0.0507. The van der Waals surface area contributed by atoms with Crippen molar-refractivity contribution in [3.63, 3.8) is 0 Å². The van der Waals surface area contributed by atoms with E-state index in [9.17, 15) is 44.1 Å². The summed E-state index contributed by atoms with van der Waals surface area (Å²) >= 11 is 0. The molecule has 0 spiro atoms. The molecule has 0 heterocycles. The highest BCUT2D eigenvalue weighted by Gasteiger charge is 2.66. The van der Waals surface area contributed by atoms with Crippen molar-refractivity contribution in [1.82, 2.24) is 9.80 Å². The molecule has 0 bridgehead atoms. The molecule has 15 nitrogen and oxygen atoms in total. The number of unbranched alkanes of at least 4 members (excludes halogenated alkanes) is 8. The van der Waals surface area contributed by atoms with Gasteiger partial charge in [0.25, 0.3) is 5.91 Å². The monoisotopic (exact) mass is 812 g/mol. The van der Waals surface area contributed by atoms with Gasteiger partial charge in [0.15, 0.2) is 23.0 Å². The molecule has 322 valence electrons. The molecule has 3 aliphatic rings. The second-order valence-electron chi connectivity index (χ2n) is 17.8. The molecule has 58 heavy (non-hydrogen) atoms. The molecule has 1 aromatic rings. The lowest BCUT2D eigenvalue weighted by Gasteiger charge is -2.52. The van der Waals surface area contributed by atoms with E-state index in [1.165, 1.54) is 56.0 Å². The van der Waals surface area contributed by atoms with Crippen LogP contribution in [0, 0.1) is 23.2 Å². The number of aliphatic hydroxyl groups is 2. The van der Waals surface area contributed by atoms with Crippen molar-refractivity contribution in [2.24, 2.45) is 28.9 Å². The number of ether oxygens (including phenoxy) is 2. The number of amides is 2.